The lowest BCUT2D eigenvalue weighted by molar-refractivity contribution is 0.109. The van der Waals surface area contributed by atoms with Gasteiger partial charge in [0.05, 0.1) is 17.5 Å². The Hall–Kier alpha value is -1.21. The average Bonchev–Trinajstić information content (AvgIpc) is 2.85. The molecule has 0 saturated heterocycles. The average molecular weight is 382 g/mol. The summed E-state index contributed by atoms with van der Waals surface area (Å²) in [6.45, 7) is 4.32. The van der Waals surface area contributed by atoms with Gasteiger partial charge in [-0.25, -0.2) is 9.67 Å². The highest BCUT2D eigenvalue weighted by molar-refractivity contribution is 9.10. The van der Waals surface area contributed by atoms with Crippen molar-refractivity contribution in [1.82, 2.24) is 19.7 Å². The zero-order valence-corrected chi connectivity index (χ0v) is 15.3. The van der Waals surface area contributed by atoms with Gasteiger partial charge in [0.15, 0.2) is 5.65 Å². The van der Waals surface area contributed by atoms with Crippen LogP contribution >= 0.6 is 15.9 Å². The van der Waals surface area contributed by atoms with E-state index in [0.29, 0.717) is 18.0 Å². The van der Waals surface area contributed by atoms with Gasteiger partial charge in [0.2, 0.25) is 5.95 Å². The standard InChI is InChI=1S/C16H24BrN5O/c1-3-4-10(2)19-16-18-9-13-14(17)21-22(15(13)20-16)11-5-7-12(23)8-6-11/h9-12,23H,3-8H2,1-2H3,(H,18,19,20)/t10-,11-,12-/m0/s1. The van der Waals surface area contributed by atoms with Gasteiger partial charge < -0.3 is 10.4 Å². The summed E-state index contributed by atoms with van der Waals surface area (Å²) in [6.07, 6.45) is 7.40. The van der Waals surface area contributed by atoms with Crippen LogP contribution in [0.4, 0.5) is 5.95 Å². The number of hydrogen-bond acceptors (Lipinski definition) is 5. The molecule has 0 radical (unpaired) electrons. The lowest BCUT2D eigenvalue weighted by Gasteiger charge is -2.25. The van der Waals surface area contributed by atoms with E-state index < -0.39 is 0 Å². The summed E-state index contributed by atoms with van der Waals surface area (Å²) < 4.78 is 2.79. The minimum absolute atomic E-state index is 0.168. The summed E-state index contributed by atoms with van der Waals surface area (Å²) in [7, 11) is 0. The van der Waals surface area contributed by atoms with Crippen LogP contribution in [0, 0.1) is 0 Å². The van der Waals surface area contributed by atoms with Gasteiger partial charge >= 0.3 is 0 Å². The lowest BCUT2D eigenvalue weighted by Crippen LogP contribution is -2.22. The van der Waals surface area contributed by atoms with Crippen molar-refractivity contribution in [3.05, 3.63) is 10.8 Å². The van der Waals surface area contributed by atoms with Crippen molar-refractivity contribution in [3.8, 4) is 0 Å². The third-order valence-corrected chi connectivity index (χ3v) is 5.10. The smallest absolute Gasteiger partial charge is 0.224 e. The molecule has 0 bridgehead atoms. The number of aromatic nitrogens is 4. The second-order valence-corrected chi connectivity index (χ2v) is 7.21. The molecular formula is C16H24BrN5O. The Labute approximate surface area is 144 Å². The van der Waals surface area contributed by atoms with Gasteiger partial charge in [-0.3, -0.25) is 0 Å². The monoisotopic (exact) mass is 381 g/mol. The molecule has 0 unspecified atom stereocenters. The molecular weight excluding hydrogens is 358 g/mol. The molecule has 23 heavy (non-hydrogen) atoms. The predicted octanol–water partition coefficient (Wildman–Crippen LogP) is 3.67. The maximum Gasteiger partial charge on any atom is 0.224 e. The number of rotatable bonds is 5. The van der Waals surface area contributed by atoms with Crippen LogP contribution in [0.2, 0.25) is 0 Å². The molecule has 1 atom stereocenters. The highest BCUT2D eigenvalue weighted by Gasteiger charge is 2.24. The van der Waals surface area contributed by atoms with Crippen molar-refractivity contribution in [3.63, 3.8) is 0 Å². The Bertz CT molecular complexity index is 666. The van der Waals surface area contributed by atoms with Crippen LogP contribution in [0.25, 0.3) is 11.0 Å². The minimum atomic E-state index is -0.168. The summed E-state index contributed by atoms with van der Waals surface area (Å²) in [5.41, 5.74) is 0.861. The van der Waals surface area contributed by atoms with Crippen molar-refractivity contribution in [2.75, 3.05) is 5.32 Å². The van der Waals surface area contributed by atoms with Crippen LogP contribution in [0.3, 0.4) is 0 Å². The third kappa shape index (κ3) is 3.66. The highest BCUT2D eigenvalue weighted by Crippen LogP contribution is 2.32. The Balaban J connectivity index is 1.89. The Kier molecular flexibility index (Phi) is 5.16. The molecule has 6 nitrogen and oxygen atoms in total. The lowest BCUT2D eigenvalue weighted by atomic mass is 9.93. The molecule has 1 aliphatic carbocycles. The van der Waals surface area contributed by atoms with Crippen LogP contribution in [-0.4, -0.2) is 37.0 Å². The van der Waals surface area contributed by atoms with Crippen LogP contribution in [0.1, 0.15) is 58.4 Å². The van der Waals surface area contributed by atoms with Gasteiger partial charge in [-0.15, -0.1) is 0 Å². The summed E-state index contributed by atoms with van der Waals surface area (Å²) in [5.74, 6) is 0.656. The van der Waals surface area contributed by atoms with E-state index in [-0.39, 0.29) is 6.10 Å². The zero-order valence-electron chi connectivity index (χ0n) is 13.7. The van der Waals surface area contributed by atoms with Crippen LogP contribution in [-0.2, 0) is 0 Å². The molecule has 2 heterocycles. The van der Waals surface area contributed by atoms with Crippen LogP contribution in [0.15, 0.2) is 10.8 Å². The molecule has 0 aliphatic heterocycles. The SMILES string of the molecule is CCC[C@H](C)Nc1ncc2c(Br)nn([C@H]3CC[C@H](O)CC3)c2n1. The predicted molar refractivity (Wildman–Crippen MR) is 94.5 cm³/mol. The van der Waals surface area contributed by atoms with E-state index in [4.69, 9.17) is 4.98 Å². The summed E-state index contributed by atoms with van der Waals surface area (Å²) in [6, 6.07) is 0.644. The number of fused-ring (bicyclic) bond motifs is 1. The molecule has 1 saturated carbocycles. The first-order valence-corrected chi connectivity index (χ1v) is 9.23. The number of hydrogen-bond donors (Lipinski definition) is 2. The minimum Gasteiger partial charge on any atom is -0.393 e. The number of anilines is 1. The Morgan fingerprint density at radius 2 is 2.13 bits per heavy atom. The van der Waals surface area contributed by atoms with Crippen molar-refractivity contribution in [1.29, 1.82) is 0 Å². The normalized spacial score (nSPS) is 23.1. The van der Waals surface area contributed by atoms with E-state index >= 15 is 0 Å². The largest absolute Gasteiger partial charge is 0.393 e. The molecule has 1 fully saturated rings. The first-order chi connectivity index (χ1) is 11.1. The van der Waals surface area contributed by atoms with Crippen molar-refractivity contribution < 1.29 is 5.11 Å². The van der Waals surface area contributed by atoms with Gasteiger partial charge in [0.1, 0.15) is 4.60 Å². The topological polar surface area (TPSA) is 75.9 Å². The fraction of sp³-hybridized carbons (Fsp3) is 0.688. The zero-order chi connectivity index (χ0) is 16.4. The number of aliphatic hydroxyl groups excluding tert-OH is 1. The molecule has 1 aliphatic rings. The first kappa shape index (κ1) is 16.6. The van der Waals surface area contributed by atoms with Crippen LogP contribution < -0.4 is 5.32 Å². The number of nitrogens with zero attached hydrogens (tertiary/aromatic N) is 4. The van der Waals surface area contributed by atoms with Crippen molar-refractivity contribution in [2.24, 2.45) is 0 Å². The van der Waals surface area contributed by atoms with Crippen molar-refractivity contribution in [2.45, 2.75) is 70.6 Å². The highest BCUT2D eigenvalue weighted by atomic mass is 79.9. The maximum atomic E-state index is 9.71. The molecule has 3 rings (SSSR count). The molecule has 2 aromatic rings. The fourth-order valence-corrected chi connectivity index (χ4v) is 3.69. The first-order valence-electron chi connectivity index (χ1n) is 8.43. The van der Waals surface area contributed by atoms with Crippen molar-refractivity contribution >= 4 is 32.9 Å². The van der Waals surface area contributed by atoms with E-state index in [1.807, 2.05) is 10.9 Å². The molecule has 7 heteroatoms. The Morgan fingerprint density at radius 3 is 2.83 bits per heavy atom. The van der Waals surface area contributed by atoms with Gasteiger partial charge in [-0.2, -0.15) is 10.1 Å². The number of nitrogens with one attached hydrogen (secondary N) is 1. The summed E-state index contributed by atoms with van der Waals surface area (Å²) >= 11 is 3.51. The van der Waals surface area contributed by atoms with Gasteiger partial charge in [0, 0.05) is 12.2 Å². The third-order valence-electron chi connectivity index (χ3n) is 4.51. The molecule has 2 N–H and O–H groups in total. The van der Waals surface area contributed by atoms with E-state index in [1.165, 1.54) is 0 Å². The molecule has 0 spiro atoms. The number of aliphatic hydroxyl groups is 1. The van der Waals surface area contributed by atoms with E-state index in [2.05, 4.69) is 45.2 Å². The molecule has 2 aromatic heterocycles. The van der Waals surface area contributed by atoms with Gasteiger partial charge in [-0.1, -0.05) is 13.3 Å². The quantitative estimate of drug-likeness (QED) is 0.825. The van der Waals surface area contributed by atoms with Gasteiger partial charge in [-0.05, 0) is 55.0 Å². The molecule has 0 amide bonds. The summed E-state index contributed by atoms with van der Waals surface area (Å²) in [5, 5.41) is 18.6. The number of halogens is 1. The second kappa shape index (κ2) is 7.13. The van der Waals surface area contributed by atoms with E-state index in [1.54, 1.807) is 0 Å². The maximum absolute atomic E-state index is 9.71. The van der Waals surface area contributed by atoms with E-state index in [0.717, 1.165) is 54.2 Å². The second-order valence-electron chi connectivity index (χ2n) is 6.46. The summed E-state index contributed by atoms with van der Waals surface area (Å²) in [4.78, 5) is 9.11. The molecule has 0 aromatic carbocycles. The van der Waals surface area contributed by atoms with Crippen LogP contribution in [0.5, 0.6) is 0 Å². The fourth-order valence-electron chi connectivity index (χ4n) is 3.24. The molecule has 126 valence electrons. The Morgan fingerprint density at radius 1 is 1.39 bits per heavy atom. The van der Waals surface area contributed by atoms with Gasteiger partial charge in [0.25, 0.3) is 0 Å². The van der Waals surface area contributed by atoms with E-state index in [9.17, 15) is 5.11 Å².